The van der Waals surface area contributed by atoms with Crippen molar-refractivity contribution in [2.45, 2.75) is 19.6 Å². The summed E-state index contributed by atoms with van der Waals surface area (Å²) in [5.41, 5.74) is 2.27. The van der Waals surface area contributed by atoms with E-state index in [9.17, 15) is 0 Å². The summed E-state index contributed by atoms with van der Waals surface area (Å²) in [4.78, 5) is 14.1. The smallest absolute Gasteiger partial charge is 0.0585 e. The van der Waals surface area contributed by atoms with Crippen LogP contribution in [-0.4, -0.2) is 25.5 Å². The lowest BCUT2D eigenvalue weighted by molar-refractivity contribution is 0.984. The van der Waals surface area contributed by atoms with E-state index in [1.807, 2.05) is 24.6 Å². The number of rotatable bonds is 9. The van der Waals surface area contributed by atoms with Gasteiger partial charge in [-0.15, -0.1) is 0 Å². The van der Waals surface area contributed by atoms with Gasteiger partial charge in [0.2, 0.25) is 0 Å². The van der Waals surface area contributed by atoms with Crippen LogP contribution in [0.2, 0.25) is 0 Å². The molecule has 4 heteroatoms. The van der Waals surface area contributed by atoms with E-state index in [-0.39, 0.29) is 0 Å². The van der Waals surface area contributed by atoms with Gasteiger partial charge in [-0.3, -0.25) is 9.98 Å². The maximum absolute atomic E-state index is 4.61. The van der Waals surface area contributed by atoms with E-state index in [4.69, 9.17) is 0 Å². The average molecular weight is 453 g/mol. The highest BCUT2D eigenvalue weighted by molar-refractivity contribution is 7.99. The zero-order valence-electron chi connectivity index (χ0n) is 17.7. The number of hydrogen-bond acceptors (Lipinski definition) is 4. The van der Waals surface area contributed by atoms with Gasteiger partial charge in [0.15, 0.2) is 0 Å². The van der Waals surface area contributed by atoms with E-state index in [1.54, 1.807) is 23.5 Å². The normalized spacial score (nSPS) is 11.4. The van der Waals surface area contributed by atoms with Crippen LogP contribution < -0.4 is 0 Å². The Morgan fingerprint density at radius 3 is 1.28 bits per heavy atom. The molecule has 0 unspecified atom stereocenters. The Morgan fingerprint density at radius 2 is 0.844 bits per heavy atom. The molecular formula is C28H24N2S2. The fourth-order valence-electron chi connectivity index (χ4n) is 3.03. The predicted octanol–water partition coefficient (Wildman–Crippen LogP) is 7.53. The molecule has 2 nitrogen and oxygen atoms in total. The van der Waals surface area contributed by atoms with Gasteiger partial charge in [-0.05, 0) is 36.4 Å². The highest BCUT2D eigenvalue weighted by Gasteiger charge is 2.03. The molecule has 0 radical (unpaired) electrons. The molecule has 158 valence electrons. The maximum atomic E-state index is 4.61. The zero-order chi connectivity index (χ0) is 21.8. The number of nitrogens with zero attached hydrogens (tertiary/aromatic N) is 2. The average Bonchev–Trinajstić information content (AvgIpc) is 2.84. The standard InChI is InChI=1S/C28H24N2S2/c1-3-13-25(14-4-1)31-27-17-9-7-11-23(27)21-29-19-20-30-22-24-12-8-10-18-28(24)32-26-15-5-2-6-16-26/h1-18,21-22H,19-20H2. The van der Waals surface area contributed by atoms with Crippen molar-refractivity contribution in [3.05, 3.63) is 120 Å². The third-order valence-electron chi connectivity index (χ3n) is 4.60. The van der Waals surface area contributed by atoms with Crippen LogP contribution in [0, 0.1) is 0 Å². The molecule has 0 fully saturated rings. The lowest BCUT2D eigenvalue weighted by Gasteiger charge is -2.05. The first-order valence-corrected chi connectivity index (χ1v) is 12.2. The SMILES string of the molecule is C(=NCCN=Cc1ccccc1Sc1ccccc1)c1ccccc1Sc1ccccc1. The van der Waals surface area contributed by atoms with E-state index < -0.39 is 0 Å². The van der Waals surface area contributed by atoms with E-state index in [2.05, 4.69) is 107 Å². The second kappa shape index (κ2) is 12.1. The summed E-state index contributed by atoms with van der Waals surface area (Å²) in [6.07, 6.45) is 3.92. The summed E-state index contributed by atoms with van der Waals surface area (Å²) in [6.45, 7) is 1.32. The Kier molecular flexibility index (Phi) is 8.36. The third kappa shape index (κ3) is 6.71. The first-order chi connectivity index (χ1) is 15.9. The Hall–Kier alpha value is -3.08. The predicted molar refractivity (Wildman–Crippen MR) is 139 cm³/mol. The summed E-state index contributed by atoms with van der Waals surface area (Å²) in [5.74, 6) is 0. The van der Waals surface area contributed by atoms with Gasteiger partial charge >= 0.3 is 0 Å². The van der Waals surface area contributed by atoms with Crippen molar-refractivity contribution in [3.63, 3.8) is 0 Å². The third-order valence-corrected chi connectivity index (χ3v) is 6.80. The van der Waals surface area contributed by atoms with Gasteiger partial charge in [0, 0.05) is 43.1 Å². The van der Waals surface area contributed by atoms with Crippen molar-refractivity contribution < 1.29 is 0 Å². The Balaban J connectivity index is 1.33. The van der Waals surface area contributed by atoms with Gasteiger partial charge in [0.25, 0.3) is 0 Å². The number of benzene rings is 4. The fraction of sp³-hybridized carbons (Fsp3) is 0.0714. The van der Waals surface area contributed by atoms with Crippen LogP contribution in [0.15, 0.2) is 139 Å². The summed E-state index contributed by atoms with van der Waals surface area (Å²) in [5, 5.41) is 0. The minimum absolute atomic E-state index is 0.662. The molecule has 0 aliphatic rings. The highest BCUT2D eigenvalue weighted by Crippen LogP contribution is 2.30. The first-order valence-electron chi connectivity index (χ1n) is 10.5. The highest BCUT2D eigenvalue weighted by atomic mass is 32.2. The molecule has 32 heavy (non-hydrogen) atoms. The minimum atomic E-state index is 0.662. The van der Waals surface area contributed by atoms with Gasteiger partial charge < -0.3 is 0 Å². The van der Waals surface area contributed by atoms with Crippen molar-refractivity contribution >= 4 is 36.0 Å². The van der Waals surface area contributed by atoms with E-state index >= 15 is 0 Å². The molecule has 0 bridgehead atoms. The first kappa shape index (κ1) is 22.1. The molecule has 0 atom stereocenters. The molecule has 4 aromatic rings. The van der Waals surface area contributed by atoms with Gasteiger partial charge in [-0.1, -0.05) is 96.3 Å². The molecule has 0 aromatic heterocycles. The molecule has 0 N–H and O–H groups in total. The van der Waals surface area contributed by atoms with Crippen LogP contribution in [0.3, 0.4) is 0 Å². The molecule has 4 aromatic carbocycles. The molecule has 0 amide bonds. The number of aliphatic imine (C=N–C) groups is 2. The van der Waals surface area contributed by atoms with Gasteiger partial charge in [0.1, 0.15) is 0 Å². The molecule has 0 saturated carbocycles. The van der Waals surface area contributed by atoms with E-state index in [1.165, 1.54) is 19.6 Å². The quantitative estimate of drug-likeness (QED) is 0.194. The van der Waals surface area contributed by atoms with Crippen molar-refractivity contribution in [3.8, 4) is 0 Å². The second-order valence-corrected chi connectivity index (χ2v) is 9.21. The maximum Gasteiger partial charge on any atom is 0.0585 e. The van der Waals surface area contributed by atoms with Gasteiger partial charge in [-0.25, -0.2) is 0 Å². The Bertz CT molecular complexity index is 1080. The Morgan fingerprint density at radius 1 is 0.469 bits per heavy atom. The van der Waals surface area contributed by atoms with Gasteiger partial charge in [0.05, 0.1) is 13.1 Å². The zero-order valence-corrected chi connectivity index (χ0v) is 19.3. The summed E-state index contributed by atoms with van der Waals surface area (Å²) in [6, 6.07) is 37.6. The molecular weight excluding hydrogens is 428 g/mol. The largest absolute Gasteiger partial charge is 0.291 e. The van der Waals surface area contributed by atoms with Crippen LogP contribution in [0.4, 0.5) is 0 Å². The van der Waals surface area contributed by atoms with Crippen molar-refractivity contribution in [1.82, 2.24) is 0 Å². The van der Waals surface area contributed by atoms with E-state index in [0.717, 1.165) is 11.1 Å². The molecule has 0 aliphatic heterocycles. The summed E-state index contributed by atoms with van der Waals surface area (Å²) in [7, 11) is 0. The second-order valence-electron chi connectivity index (χ2n) is 6.98. The topological polar surface area (TPSA) is 24.7 Å². The van der Waals surface area contributed by atoms with Crippen molar-refractivity contribution in [1.29, 1.82) is 0 Å². The minimum Gasteiger partial charge on any atom is -0.291 e. The molecule has 0 aliphatic carbocycles. The fourth-order valence-corrected chi connectivity index (χ4v) is 4.90. The van der Waals surface area contributed by atoms with Crippen LogP contribution >= 0.6 is 23.5 Å². The Labute approximate surface area is 198 Å². The van der Waals surface area contributed by atoms with E-state index in [0.29, 0.717) is 13.1 Å². The van der Waals surface area contributed by atoms with Crippen LogP contribution in [0.1, 0.15) is 11.1 Å². The molecule has 0 saturated heterocycles. The van der Waals surface area contributed by atoms with Crippen LogP contribution in [0.25, 0.3) is 0 Å². The van der Waals surface area contributed by atoms with Crippen molar-refractivity contribution in [2.75, 3.05) is 13.1 Å². The van der Waals surface area contributed by atoms with Crippen LogP contribution in [-0.2, 0) is 0 Å². The van der Waals surface area contributed by atoms with Crippen LogP contribution in [0.5, 0.6) is 0 Å². The molecule has 4 rings (SSSR count). The summed E-state index contributed by atoms with van der Waals surface area (Å²) < 4.78 is 0. The van der Waals surface area contributed by atoms with Gasteiger partial charge in [-0.2, -0.15) is 0 Å². The number of hydrogen-bond donors (Lipinski definition) is 0. The molecule has 0 heterocycles. The summed E-state index contributed by atoms with van der Waals surface area (Å²) >= 11 is 3.52. The van der Waals surface area contributed by atoms with Crippen molar-refractivity contribution in [2.24, 2.45) is 9.98 Å². The monoisotopic (exact) mass is 452 g/mol. The lowest BCUT2D eigenvalue weighted by atomic mass is 10.2. The molecule has 0 spiro atoms. The lowest BCUT2D eigenvalue weighted by Crippen LogP contribution is -1.92.